The molecule has 0 atom stereocenters. The summed E-state index contributed by atoms with van der Waals surface area (Å²) >= 11 is 5.83. The molecule has 2 aromatic heterocycles. The van der Waals surface area contributed by atoms with Gasteiger partial charge in [0.1, 0.15) is 5.82 Å². The summed E-state index contributed by atoms with van der Waals surface area (Å²) < 4.78 is 14.6. The molecule has 1 aromatic carbocycles. The van der Waals surface area contributed by atoms with Crippen molar-refractivity contribution >= 4 is 28.0 Å². The summed E-state index contributed by atoms with van der Waals surface area (Å²) in [6.07, 6.45) is 0. The highest BCUT2D eigenvalue weighted by molar-refractivity contribution is 6.34. The number of hydrogen-bond donors (Lipinski definition) is 0. The van der Waals surface area contributed by atoms with Crippen molar-refractivity contribution in [2.45, 2.75) is 0 Å². The zero-order valence-corrected chi connectivity index (χ0v) is 7.98. The van der Waals surface area contributed by atoms with Gasteiger partial charge in [-0.3, -0.25) is 0 Å². The zero-order valence-electron chi connectivity index (χ0n) is 7.22. The van der Waals surface area contributed by atoms with Gasteiger partial charge in [-0.2, -0.15) is 0 Å². The number of benzene rings is 1. The van der Waals surface area contributed by atoms with E-state index in [1.165, 1.54) is 10.7 Å². The minimum atomic E-state index is -0.435. The van der Waals surface area contributed by atoms with Crippen molar-refractivity contribution in [3.8, 4) is 0 Å². The summed E-state index contributed by atoms with van der Waals surface area (Å²) in [6.45, 7) is 0. The molecule has 0 aliphatic rings. The number of hydrogen-bond acceptors (Lipinski definition) is 4. The van der Waals surface area contributed by atoms with E-state index in [1.54, 1.807) is 12.1 Å². The molecular formula is C8H3ClFN5. The molecule has 0 saturated heterocycles. The Hall–Kier alpha value is -1.82. The Morgan fingerprint density at radius 2 is 2.20 bits per heavy atom. The van der Waals surface area contributed by atoms with Gasteiger partial charge in [-0.25, -0.2) is 4.39 Å². The van der Waals surface area contributed by atoms with E-state index in [2.05, 4.69) is 20.6 Å². The van der Waals surface area contributed by atoms with Crippen LogP contribution in [0.5, 0.6) is 0 Å². The van der Waals surface area contributed by atoms with Crippen molar-refractivity contribution in [3.63, 3.8) is 0 Å². The van der Waals surface area contributed by atoms with E-state index < -0.39 is 5.82 Å². The Bertz CT molecular complexity index is 664. The highest BCUT2D eigenvalue weighted by atomic mass is 35.5. The van der Waals surface area contributed by atoms with E-state index in [-0.39, 0.29) is 10.5 Å². The quantitative estimate of drug-likeness (QED) is 0.579. The van der Waals surface area contributed by atoms with E-state index in [1.807, 2.05) is 0 Å². The molecule has 7 heteroatoms. The molecule has 0 aliphatic carbocycles. The van der Waals surface area contributed by atoms with Crippen LogP contribution in [0.3, 0.4) is 0 Å². The maximum atomic E-state index is 13.5. The van der Waals surface area contributed by atoms with Crippen LogP contribution in [0.4, 0.5) is 4.39 Å². The fourth-order valence-electron chi connectivity index (χ4n) is 1.46. The Balaban J connectivity index is 2.67. The lowest BCUT2D eigenvalue weighted by Crippen LogP contribution is -1.97. The Labute approximate surface area is 87.5 Å². The molecule has 15 heavy (non-hydrogen) atoms. The largest absolute Gasteiger partial charge is 0.207 e. The molecule has 0 amide bonds. The molecule has 0 unspecified atom stereocenters. The van der Waals surface area contributed by atoms with E-state index in [9.17, 15) is 4.39 Å². The average Bonchev–Trinajstić information content (AvgIpc) is 2.65. The first-order valence-electron chi connectivity index (χ1n) is 4.09. The molecule has 0 radical (unpaired) electrons. The third-order valence-electron chi connectivity index (χ3n) is 2.10. The number of halogens is 2. The second-order valence-corrected chi connectivity index (χ2v) is 3.30. The topological polar surface area (TPSA) is 56.0 Å². The van der Waals surface area contributed by atoms with Gasteiger partial charge in [0.05, 0.1) is 5.39 Å². The van der Waals surface area contributed by atoms with Crippen LogP contribution in [0.2, 0.25) is 5.15 Å². The minimum absolute atomic E-state index is 0.0444. The van der Waals surface area contributed by atoms with Gasteiger partial charge in [-0.1, -0.05) is 23.7 Å². The first-order valence-corrected chi connectivity index (χ1v) is 4.47. The standard InChI is InChI=1S/C8H3ClFN5/c9-7-6-4(2-1-3-5(6)10)8-11-13-14-15(8)12-7/h1-3H. The zero-order chi connectivity index (χ0) is 10.4. The Kier molecular flexibility index (Phi) is 1.60. The predicted octanol–water partition coefficient (Wildman–Crippen LogP) is 1.46. The second-order valence-electron chi connectivity index (χ2n) is 2.95. The van der Waals surface area contributed by atoms with Crippen LogP contribution < -0.4 is 0 Å². The summed E-state index contributed by atoms with van der Waals surface area (Å²) in [5.74, 6) is -0.435. The summed E-state index contributed by atoms with van der Waals surface area (Å²) in [5, 5.41) is 15.4. The summed E-state index contributed by atoms with van der Waals surface area (Å²) in [7, 11) is 0. The fourth-order valence-corrected chi connectivity index (χ4v) is 1.73. The smallest absolute Gasteiger partial charge is 0.206 e. The second kappa shape index (κ2) is 2.83. The van der Waals surface area contributed by atoms with Gasteiger partial charge < -0.3 is 0 Å². The van der Waals surface area contributed by atoms with Gasteiger partial charge in [0.25, 0.3) is 0 Å². The molecule has 0 bridgehead atoms. The first kappa shape index (κ1) is 8.49. The molecule has 2 heterocycles. The highest BCUT2D eigenvalue weighted by Gasteiger charge is 2.12. The van der Waals surface area contributed by atoms with Gasteiger partial charge in [-0.05, 0) is 16.5 Å². The third-order valence-corrected chi connectivity index (χ3v) is 2.36. The Morgan fingerprint density at radius 1 is 1.33 bits per heavy atom. The maximum Gasteiger partial charge on any atom is 0.207 e. The molecule has 0 spiro atoms. The number of aromatic nitrogens is 5. The molecule has 0 N–H and O–H groups in total. The summed E-state index contributed by atoms with van der Waals surface area (Å²) in [4.78, 5) is 0. The van der Waals surface area contributed by atoms with Crippen molar-refractivity contribution in [2.75, 3.05) is 0 Å². The number of fused-ring (bicyclic) bond motifs is 3. The Morgan fingerprint density at radius 3 is 3.07 bits per heavy atom. The van der Waals surface area contributed by atoms with Gasteiger partial charge in [0.2, 0.25) is 5.65 Å². The monoisotopic (exact) mass is 223 g/mol. The van der Waals surface area contributed by atoms with Crippen LogP contribution in [0.15, 0.2) is 18.2 Å². The molecule has 0 fully saturated rings. The van der Waals surface area contributed by atoms with Gasteiger partial charge in [0.15, 0.2) is 5.15 Å². The van der Waals surface area contributed by atoms with Crippen LogP contribution in [-0.2, 0) is 0 Å². The summed E-state index contributed by atoms with van der Waals surface area (Å²) in [5.41, 5.74) is 0.383. The van der Waals surface area contributed by atoms with Gasteiger partial charge in [-0.15, -0.1) is 14.8 Å². The van der Waals surface area contributed by atoms with Crippen LogP contribution in [0, 0.1) is 5.82 Å². The molecule has 3 rings (SSSR count). The molecule has 3 aromatic rings. The first-order chi connectivity index (χ1) is 7.27. The van der Waals surface area contributed by atoms with Crippen LogP contribution >= 0.6 is 11.6 Å². The van der Waals surface area contributed by atoms with Gasteiger partial charge >= 0.3 is 0 Å². The molecule has 0 aliphatic heterocycles. The number of rotatable bonds is 0. The number of tetrazole rings is 1. The fraction of sp³-hybridized carbons (Fsp3) is 0. The maximum absolute atomic E-state index is 13.5. The van der Waals surface area contributed by atoms with E-state index in [0.717, 1.165) is 0 Å². The van der Waals surface area contributed by atoms with Gasteiger partial charge in [0, 0.05) is 5.39 Å². The van der Waals surface area contributed by atoms with Crippen molar-refractivity contribution in [2.24, 2.45) is 0 Å². The van der Waals surface area contributed by atoms with Crippen molar-refractivity contribution in [3.05, 3.63) is 29.2 Å². The molecule has 5 nitrogen and oxygen atoms in total. The molecular weight excluding hydrogens is 221 g/mol. The lowest BCUT2D eigenvalue weighted by atomic mass is 10.2. The lowest BCUT2D eigenvalue weighted by Gasteiger charge is -2.00. The van der Waals surface area contributed by atoms with Crippen molar-refractivity contribution < 1.29 is 4.39 Å². The van der Waals surface area contributed by atoms with E-state index in [4.69, 9.17) is 11.6 Å². The van der Waals surface area contributed by atoms with Crippen LogP contribution in [0.25, 0.3) is 16.4 Å². The highest BCUT2D eigenvalue weighted by Crippen LogP contribution is 2.25. The summed E-state index contributed by atoms with van der Waals surface area (Å²) in [6, 6.07) is 4.58. The van der Waals surface area contributed by atoms with Crippen LogP contribution in [-0.4, -0.2) is 25.3 Å². The van der Waals surface area contributed by atoms with Crippen LogP contribution in [0.1, 0.15) is 0 Å². The minimum Gasteiger partial charge on any atom is -0.206 e. The third kappa shape index (κ3) is 1.08. The molecule has 74 valence electrons. The van der Waals surface area contributed by atoms with E-state index in [0.29, 0.717) is 11.0 Å². The SMILES string of the molecule is Fc1cccc2c1c(Cl)nn1nnnc21. The van der Waals surface area contributed by atoms with E-state index >= 15 is 0 Å². The predicted molar refractivity (Wildman–Crippen MR) is 51.1 cm³/mol. The normalized spacial score (nSPS) is 11.3. The average molecular weight is 224 g/mol. The lowest BCUT2D eigenvalue weighted by molar-refractivity contribution is 0.638. The molecule has 0 saturated carbocycles. The van der Waals surface area contributed by atoms with Crippen molar-refractivity contribution in [1.29, 1.82) is 0 Å². The van der Waals surface area contributed by atoms with Crippen molar-refractivity contribution in [1.82, 2.24) is 25.3 Å². The number of nitrogens with zero attached hydrogens (tertiary/aromatic N) is 5.